The second-order valence-corrected chi connectivity index (χ2v) is 5.08. The summed E-state index contributed by atoms with van der Waals surface area (Å²) in [5, 5.41) is 6.01. The molecule has 23 heavy (non-hydrogen) atoms. The smallest absolute Gasteiger partial charge is 0.159 e. The van der Waals surface area contributed by atoms with E-state index in [2.05, 4.69) is 20.6 Å². The molecule has 5 nitrogen and oxygen atoms in total. The minimum absolute atomic E-state index is 0.305. The molecular formula is C17H16FN5. The van der Waals surface area contributed by atoms with Gasteiger partial charge in [-0.1, -0.05) is 29.8 Å². The van der Waals surface area contributed by atoms with Crippen LogP contribution >= 0.6 is 0 Å². The highest BCUT2D eigenvalue weighted by Gasteiger charge is 2.10. The molecule has 1 heterocycles. The Bertz CT molecular complexity index is 817. The van der Waals surface area contributed by atoms with Gasteiger partial charge in [-0.25, -0.2) is 14.4 Å². The summed E-state index contributed by atoms with van der Waals surface area (Å²) in [6.07, 6.45) is 1.37. The number of benzene rings is 2. The molecule has 0 radical (unpaired) electrons. The molecule has 0 saturated carbocycles. The minimum Gasteiger partial charge on any atom is -0.393 e. The summed E-state index contributed by atoms with van der Waals surface area (Å²) in [5.41, 5.74) is 8.73. The van der Waals surface area contributed by atoms with Crippen molar-refractivity contribution in [1.29, 1.82) is 0 Å². The molecule has 2 aromatic carbocycles. The molecule has 3 aromatic rings. The zero-order chi connectivity index (χ0) is 16.2. The van der Waals surface area contributed by atoms with Gasteiger partial charge < -0.3 is 16.4 Å². The monoisotopic (exact) mass is 309 g/mol. The van der Waals surface area contributed by atoms with E-state index in [1.165, 1.54) is 12.4 Å². The molecule has 1 aromatic heterocycles. The highest BCUT2D eigenvalue weighted by molar-refractivity contribution is 5.80. The maximum Gasteiger partial charge on any atom is 0.159 e. The summed E-state index contributed by atoms with van der Waals surface area (Å²) in [6, 6.07) is 14.2. The molecule has 116 valence electrons. The first-order valence-corrected chi connectivity index (χ1v) is 7.09. The maximum atomic E-state index is 13.7. The Hall–Kier alpha value is -3.15. The summed E-state index contributed by atoms with van der Waals surface area (Å²) < 4.78 is 13.7. The van der Waals surface area contributed by atoms with Gasteiger partial charge in [0.15, 0.2) is 11.6 Å². The van der Waals surface area contributed by atoms with Gasteiger partial charge in [0, 0.05) is 5.69 Å². The van der Waals surface area contributed by atoms with Crippen LogP contribution in [-0.2, 0) is 0 Å². The lowest BCUT2D eigenvalue weighted by Gasteiger charge is -2.13. The third-order valence-electron chi connectivity index (χ3n) is 3.33. The van der Waals surface area contributed by atoms with Crippen molar-refractivity contribution in [2.75, 3.05) is 16.4 Å². The number of halogens is 1. The number of nitrogen functional groups attached to an aromatic ring is 1. The molecule has 0 spiro atoms. The van der Waals surface area contributed by atoms with Crippen molar-refractivity contribution in [3.63, 3.8) is 0 Å². The van der Waals surface area contributed by atoms with Gasteiger partial charge in [0.05, 0.1) is 5.69 Å². The van der Waals surface area contributed by atoms with Crippen LogP contribution in [0.25, 0.3) is 0 Å². The molecule has 0 fully saturated rings. The zero-order valence-corrected chi connectivity index (χ0v) is 12.5. The summed E-state index contributed by atoms with van der Waals surface area (Å²) in [6.45, 7) is 2.01. The number of rotatable bonds is 4. The molecule has 0 aliphatic rings. The van der Waals surface area contributed by atoms with Crippen molar-refractivity contribution in [2.45, 2.75) is 6.92 Å². The summed E-state index contributed by atoms with van der Waals surface area (Å²) >= 11 is 0. The van der Waals surface area contributed by atoms with Crippen LogP contribution in [0.2, 0.25) is 0 Å². The number of aromatic nitrogens is 2. The van der Waals surface area contributed by atoms with E-state index in [4.69, 9.17) is 5.73 Å². The minimum atomic E-state index is -0.376. The third-order valence-corrected chi connectivity index (χ3v) is 3.33. The fourth-order valence-electron chi connectivity index (χ4n) is 2.06. The van der Waals surface area contributed by atoms with Crippen LogP contribution in [0, 0.1) is 12.7 Å². The van der Waals surface area contributed by atoms with Gasteiger partial charge in [-0.15, -0.1) is 0 Å². The SMILES string of the molecule is Cc1ccc(Nc2ncnc(Nc3ccccc3F)c2N)cc1. The summed E-state index contributed by atoms with van der Waals surface area (Å²) in [5.74, 6) is 0.431. The lowest BCUT2D eigenvalue weighted by atomic mass is 10.2. The van der Waals surface area contributed by atoms with Gasteiger partial charge in [0.1, 0.15) is 17.8 Å². The van der Waals surface area contributed by atoms with Crippen LogP contribution in [0.1, 0.15) is 5.56 Å². The Morgan fingerprint density at radius 2 is 1.57 bits per heavy atom. The Labute approximate surface area is 133 Å². The molecule has 3 rings (SSSR count). The van der Waals surface area contributed by atoms with E-state index < -0.39 is 0 Å². The molecule has 0 saturated heterocycles. The van der Waals surface area contributed by atoms with Crippen LogP contribution in [0.15, 0.2) is 54.9 Å². The lowest BCUT2D eigenvalue weighted by Crippen LogP contribution is -2.05. The molecule has 0 unspecified atom stereocenters. The van der Waals surface area contributed by atoms with Crippen molar-refractivity contribution in [3.05, 3.63) is 66.2 Å². The quantitative estimate of drug-likeness (QED) is 0.679. The average Bonchev–Trinajstić information content (AvgIpc) is 2.55. The molecule has 0 amide bonds. The molecule has 4 N–H and O–H groups in total. The van der Waals surface area contributed by atoms with Gasteiger partial charge in [-0.2, -0.15) is 0 Å². The van der Waals surface area contributed by atoms with Crippen molar-refractivity contribution in [1.82, 2.24) is 9.97 Å². The maximum absolute atomic E-state index is 13.7. The Morgan fingerprint density at radius 1 is 0.913 bits per heavy atom. The fraction of sp³-hybridized carbons (Fsp3) is 0.0588. The predicted octanol–water partition coefficient (Wildman–Crippen LogP) is 3.99. The number of nitrogens with zero attached hydrogens (tertiary/aromatic N) is 2. The molecule has 0 atom stereocenters. The Balaban J connectivity index is 1.86. The van der Waals surface area contributed by atoms with Crippen LogP contribution in [0.3, 0.4) is 0 Å². The molecule has 6 heteroatoms. The highest BCUT2D eigenvalue weighted by atomic mass is 19.1. The van der Waals surface area contributed by atoms with E-state index in [1.54, 1.807) is 18.2 Å². The number of para-hydroxylation sites is 1. The van der Waals surface area contributed by atoms with Crippen LogP contribution in [0.4, 0.5) is 33.1 Å². The van der Waals surface area contributed by atoms with Crippen LogP contribution in [-0.4, -0.2) is 9.97 Å². The highest BCUT2D eigenvalue weighted by Crippen LogP contribution is 2.28. The number of aryl methyl sites for hydroxylation is 1. The van der Waals surface area contributed by atoms with Gasteiger partial charge >= 0.3 is 0 Å². The van der Waals surface area contributed by atoms with E-state index in [9.17, 15) is 4.39 Å². The average molecular weight is 309 g/mol. The van der Waals surface area contributed by atoms with E-state index in [0.717, 1.165) is 11.3 Å². The van der Waals surface area contributed by atoms with Crippen molar-refractivity contribution >= 4 is 28.7 Å². The van der Waals surface area contributed by atoms with Gasteiger partial charge in [0.2, 0.25) is 0 Å². The van der Waals surface area contributed by atoms with Crippen molar-refractivity contribution < 1.29 is 4.39 Å². The fourth-order valence-corrected chi connectivity index (χ4v) is 2.06. The number of nitrogens with one attached hydrogen (secondary N) is 2. The van der Waals surface area contributed by atoms with Crippen LogP contribution in [0.5, 0.6) is 0 Å². The van der Waals surface area contributed by atoms with Gasteiger partial charge in [0.25, 0.3) is 0 Å². The number of hydrogen-bond donors (Lipinski definition) is 3. The molecule has 0 aliphatic heterocycles. The van der Waals surface area contributed by atoms with Crippen LogP contribution < -0.4 is 16.4 Å². The number of hydrogen-bond acceptors (Lipinski definition) is 5. The molecule has 0 aliphatic carbocycles. The number of nitrogens with two attached hydrogens (primary N) is 1. The van der Waals surface area contributed by atoms with E-state index in [-0.39, 0.29) is 5.82 Å². The van der Waals surface area contributed by atoms with Gasteiger partial charge in [-0.05, 0) is 31.2 Å². The van der Waals surface area contributed by atoms with E-state index in [0.29, 0.717) is 23.0 Å². The second-order valence-electron chi connectivity index (χ2n) is 5.08. The zero-order valence-electron chi connectivity index (χ0n) is 12.5. The second kappa shape index (κ2) is 6.31. The molecular weight excluding hydrogens is 293 g/mol. The first kappa shape index (κ1) is 14.8. The normalized spacial score (nSPS) is 10.3. The standard InChI is InChI=1S/C17H16FN5/c1-11-6-8-12(9-7-11)22-16-15(19)17(21-10-20-16)23-14-5-3-2-4-13(14)18/h2-10H,19H2,1H3,(H2,20,21,22,23). The Kier molecular flexibility index (Phi) is 4.05. The predicted molar refractivity (Wildman–Crippen MR) is 90.6 cm³/mol. The summed E-state index contributed by atoms with van der Waals surface area (Å²) in [4.78, 5) is 8.22. The first-order chi connectivity index (χ1) is 11.1. The van der Waals surface area contributed by atoms with Gasteiger partial charge in [-0.3, -0.25) is 0 Å². The Morgan fingerprint density at radius 3 is 2.26 bits per heavy atom. The molecule has 0 bridgehead atoms. The topological polar surface area (TPSA) is 75.9 Å². The number of anilines is 5. The van der Waals surface area contributed by atoms with Crippen molar-refractivity contribution in [3.8, 4) is 0 Å². The lowest BCUT2D eigenvalue weighted by molar-refractivity contribution is 0.632. The first-order valence-electron chi connectivity index (χ1n) is 7.09. The largest absolute Gasteiger partial charge is 0.393 e. The summed E-state index contributed by atoms with van der Waals surface area (Å²) in [7, 11) is 0. The third kappa shape index (κ3) is 3.37. The van der Waals surface area contributed by atoms with Crippen molar-refractivity contribution in [2.24, 2.45) is 0 Å². The van der Waals surface area contributed by atoms with E-state index in [1.807, 2.05) is 31.2 Å². The van der Waals surface area contributed by atoms with E-state index >= 15 is 0 Å².